The lowest BCUT2D eigenvalue weighted by atomic mass is 10.1. The summed E-state index contributed by atoms with van der Waals surface area (Å²) in [5.74, 6) is -37.1. The lowest BCUT2D eigenvalue weighted by Gasteiger charge is -2.44. The zero-order valence-electron chi connectivity index (χ0n) is 22.6. The Morgan fingerprint density at radius 2 is 0.500 bits per heavy atom. The Morgan fingerprint density at radius 1 is 0.296 bits per heavy atom. The molecule has 0 aliphatic carbocycles. The predicted molar refractivity (Wildman–Crippen MR) is 96.7 cm³/mol. The van der Waals surface area contributed by atoms with E-state index in [1.165, 1.54) is 0 Å². The fourth-order valence-corrected chi connectivity index (χ4v) is 3.04. The minimum absolute atomic E-state index is 0.745. The second-order valence-electron chi connectivity index (χ2n) is 8.83. The Hall–Kier alpha value is -2.30. The molecule has 0 aromatic carbocycles. The van der Waals surface area contributed by atoms with Crippen LogP contribution in [0.5, 0.6) is 0 Å². The zero-order valence-corrected chi connectivity index (χ0v) is 24.2. The van der Waals surface area contributed by atoms with E-state index in [1.807, 2.05) is 0 Å². The summed E-state index contributed by atoms with van der Waals surface area (Å²) in [6.07, 6.45) is -70.7. The first-order valence-electron chi connectivity index (χ1n) is 10.6. The number of rotatable bonds is 16. The van der Waals surface area contributed by atoms with Crippen LogP contribution >= 0.6 is 0 Å². The highest BCUT2D eigenvalue weighted by molar-refractivity contribution is 7.87. The average Bonchev–Trinajstić information content (AvgIpc) is 2.83. The summed E-state index contributed by atoms with van der Waals surface area (Å²) in [5.41, 5.74) is 0. The molecule has 0 radical (unpaired) electrons. The van der Waals surface area contributed by atoms with Gasteiger partial charge in [-0.3, -0.25) is 23.3 Å². The monoisotopic (exact) mass is 926 g/mol. The molecule has 0 aliphatic heterocycles. The lowest BCUT2D eigenvalue weighted by Crippen LogP contribution is -2.73. The van der Waals surface area contributed by atoms with Crippen LogP contribution in [-0.4, -0.2) is 109 Å². The Kier molecular flexibility index (Phi) is 12.6. The van der Waals surface area contributed by atoms with Crippen molar-refractivity contribution in [1.29, 1.82) is 0 Å². The van der Waals surface area contributed by atoms with Gasteiger partial charge in [-0.25, -0.2) is 4.74 Å². The van der Waals surface area contributed by atoms with Crippen molar-refractivity contribution < 1.29 is 168 Å². The van der Waals surface area contributed by atoms with Crippen LogP contribution in [0, 0.1) is 0 Å². The second-order valence-corrected chi connectivity index (χ2v) is 11.8. The van der Waals surface area contributed by atoms with E-state index < -0.39 is 103 Å². The molecule has 0 heterocycles. The SMILES string of the molecule is O=S(=O)(O)C(F)(F)C(F)(F)OC(F)(C(F)(F)F)C(F)(F)OC(F)(F)C(F)(F)C(F)(OC(F)(F)C(F)(OC(F)(F)C(F)(F)S(=O)(=O)O)C(F)(F)F)C(F)(F)F. The highest BCUT2D eigenvalue weighted by Gasteiger charge is 2.91. The first-order valence-corrected chi connectivity index (χ1v) is 13.5. The summed E-state index contributed by atoms with van der Waals surface area (Å²) in [6.45, 7) is 0. The molecule has 40 heteroatoms. The van der Waals surface area contributed by atoms with Gasteiger partial charge in [0.25, 0.3) is 0 Å². The Labute approximate surface area is 272 Å². The van der Waals surface area contributed by atoms with Crippen molar-refractivity contribution in [2.75, 3.05) is 0 Å². The van der Waals surface area contributed by atoms with Crippen LogP contribution in [0.25, 0.3) is 0 Å². The van der Waals surface area contributed by atoms with Crippen LogP contribution in [-0.2, 0) is 39.2 Å². The third kappa shape index (κ3) is 8.09. The van der Waals surface area contributed by atoms with Crippen LogP contribution in [0.2, 0.25) is 0 Å². The molecule has 3 unspecified atom stereocenters. The number of ether oxygens (including phenoxy) is 4. The van der Waals surface area contributed by atoms with Gasteiger partial charge in [0.1, 0.15) is 0 Å². The van der Waals surface area contributed by atoms with Crippen LogP contribution in [0.3, 0.4) is 0 Å². The molecular weight excluding hydrogens is 924 g/mol. The van der Waals surface area contributed by atoms with Gasteiger partial charge in [-0.15, -0.1) is 0 Å². The molecule has 0 aromatic rings. The molecule has 0 aromatic heterocycles. The molecular formula is C14H2F28O10S2. The van der Waals surface area contributed by atoms with Gasteiger partial charge in [0.15, 0.2) is 0 Å². The third-order valence-corrected chi connectivity index (χ3v) is 6.77. The summed E-state index contributed by atoms with van der Waals surface area (Å²) in [4.78, 5) is 0. The van der Waals surface area contributed by atoms with Crippen molar-refractivity contribution in [2.24, 2.45) is 0 Å². The standard InChI is InChI=1S/C14H2F28O10S2/c15-1(16,8(29,30)52-10(33,34)4(19,7(26,27)28)51-12(37,38)14(41,42)54(46,47)48)2(17,5(20,21)22)49-9(31,32)3(18,6(23,24)25)50-11(35,36)13(39,40)53(43,44)45/h(H,43,44,45)(H,46,47,48). The molecule has 326 valence electrons. The minimum Gasteiger partial charge on any atom is -0.281 e. The van der Waals surface area contributed by atoms with Gasteiger partial charge in [-0.2, -0.15) is 140 Å². The maximum absolute atomic E-state index is 14.4. The fraction of sp³-hybridized carbons (Fsp3) is 1.00. The van der Waals surface area contributed by atoms with Gasteiger partial charge < -0.3 is 0 Å². The largest absolute Gasteiger partial charge is 0.460 e. The second kappa shape index (κ2) is 13.1. The number of alkyl halides is 28. The van der Waals surface area contributed by atoms with E-state index >= 15 is 0 Å². The number of hydrogen-bond acceptors (Lipinski definition) is 8. The van der Waals surface area contributed by atoms with Gasteiger partial charge in [-0.05, 0) is 0 Å². The van der Waals surface area contributed by atoms with Crippen molar-refractivity contribution >= 4 is 20.2 Å². The Balaban J connectivity index is 7.74. The van der Waals surface area contributed by atoms with E-state index in [0.29, 0.717) is 0 Å². The summed E-state index contributed by atoms with van der Waals surface area (Å²) in [7, 11) is -16.2. The van der Waals surface area contributed by atoms with E-state index in [0.717, 1.165) is 18.9 Å². The van der Waals surface area contributed by atoms with Crippen molar-refractivity contribution in [3.63, 3.8) is 0 Å². The average molecular weight is 926 g/mol. The summed E-state index contributed by atoms with van der Waals surface area (Å²) >= 11 is 0. The first kappa shape index (κ1) is 51.7. The molecule has 0 aliphatic rings. The number of hydrogen-bond donors (Lipinski definition) is 2. The minimum atomic E-state index is -9.62. The van der Waals surface area contributed by atoms with Crippen molar-refractivity contribution in [3.8, 4) is 0 Å². The number of halogens is 28. The van der Waals surface area contributed by atoms with Crippen molar-refractivity contribution in [3.05, 3.63) is 0 Å². The van der Waals surface area contributed by atoms with Gasteiger partial charge in [0.2, 0.25) is 0 Å². The maximum atomic E-state index is 14.4. The molecule has 0 amide bonds. The molecule has 10 nitrogen and oxygen atoms in total. The summed E-state index contributed by atoms with van der Waals surface area (Å²) < 4.78 is 437. The van der Waals surface area contributed by atoms with Crippen LogP contribution < -0.4 is 0 Å². The van der Waals surface area contributed by atoms with Crippen LogP contribution in [0.4, 0.5) is 123 Å². The maximum Gasteiger partial charge on any atom is 0.460 e. The van der Waals surface area contributed by atoms with Crippen molar-refractivity contribution in [1.82, 2.24) is 0 Å². The van der Waals surface area contributed by atoms with Crippen LogP contribution in [0.1, 0.15) is 0 Å². The van der Waals surface area contributed by atoms with E-state index in [1.54, 1.807) is 0 Å². The predicted octanol–water partition coefficient (Wildman–Crippen LogP) is 7.30. The van der Waals surface area contributed by atoms with Crippen LogP contribution in [0.15, 0.2) is 0 Å². The molecule has 3 atom stereocenters. The zero-order chi connectivity index (χ0) is 44.8. The summed E-state index contributed by atoms with van der Waals surface area (Å²) in [5, 5.41) is -15.9. The van der Waals surface area contributed by atoms with Crippen molar-refractivity contribution in [2.45, 2.75) is 83.1 Å². The molecule has 0 fully saturated rings. The lowest BCUT2D eigenvalue weighted by molar-refractivity contribution is -0.581. The van der Waals surface area contributed by atoms with E-state index in [4.69, 9.17) is 9.11 Å². The van der Waals surface area contributed by atoms with E-state index in [-0.39, 0.29) is 0 Å². The smallest absolute Gasteiger partial charge is 0.281 e. The molecule has 2 N–H and O–H groups in total. The van der Waals surface area contributed by atoms with E-state index in [2.05, 4.69) is 0 Å². The molecule has 0 saturated heterocycles. The molecule has 0 rings (SSSR count). The molecule has 0 saturated carbocycles. The quantitative estimate of drug-likeness (QED) is 0.120. The highest BCUT2D eigenvalue weighted by atomic mass is 32.2. The highest BCUT2D eigenvalue weighted by Crippen LogP contribution is 2.62. The first-order chi connectivity index (χ1) is 22.6. The molecule has 0 spiro atoms. The Bertz CT molecular complexity index is 1600. The van der Waals surface area contributed by atoms with E-state index in [9.17, 15) is 140 Å². The Morgan fingerprint density at radius 3 is 0.704 bits per heavy atom. The van der Waals surface area contributed by atoms with Gasteiger partial charge in [-0.1, -0.05) is 0 Å². The topological polar surface area (TPSA) is 146 Å². The van der Waals surface area contributed by atoms with Gasteiger partial charge in [0.05, 0.1) is 0 Å². The third-order valence-electron chi connectivity index (χ3n) is 5.00. The summed E-state index contributed by atoms with van der Waals surface area (Å²) in [6, 6.07) is 0. The molecule has 0 bridgehead atoms. The fourth-order valence-electron chi connectivity index (χ4n) is 2.36. The van der Waals surface area contributed by atoms with Gasteiger partial charge >= 0.3 is 103 Å². The molecule has 54 heavy (non-hydrogen) atoms. The van der Waals surface area contributed by atoms with Gasteiger partial charge in [0, 0.05) is 0 Å². The normalized spacial score (nSPS) is 19.6.